The van der Waals surface area contributed by atoms with E-state index in [0.717, 1.165) is 35.0 Å². The van der Waals surface area contributed by atoms with Crippen LogP contribution in [0.15, 0.2) is 115 Å². The number of urea groups is 1. The first-order valence-corrected chi connectivity index (χ1v) is 18.6. The van der Waals surface area contributed by atoms with Gasteiger partial charge in [-0.2, -0.15) is 0 Å². The van der Waals surface area contributed by atoms with E-state index in [9.17, 15) is 14.4 Å². The first-order valence-electron chi connectivity index (χ1n) is 17.8. The number of ether oxygens (including phenoxy) is 1. The number of hydrogen-bond donors (Lipinski definition) is 2. The average Bonchev–Trinajstić information content (AvgIpc) is 3.59. The van der Waals surface area contributed by atoms with Crippen LogP contribution in [-0.4, -0.2) is 65.5 Å². The lowest BCUT2D eigenvalue weighted by atomic mass is 9.88. The van der Waals surface area contributed by atoms with Gasteiger partial charge in [-0.25, -0.2) is 14.6 Å². The Bertz CT molecular complexity index is 1770. The van der Waals surface area contributed by atoms with E-state index in [2.05, 4.69) is 64.1 Å². The molecule has 1 aromatic heterocycles. The molecule has 0 spiro atoms. The van der Waals surface area contributed by atoms with Crippen LogP contribution in [0.3, 0.4) is 0 Å². The number of carbonyl (C=O) groups excluding carboxylic acids is 3. The summed E-state index contributed by atoms with van der Waals surface area (Å²) in [5.74, 6) is 0.0278. The molecular weight excluding hydrogens is 659 g/mol. The van der Waals surface area contributed by atoms with Crippen LogP contribution in [0.1, 0.15) is 54.7 Å². The van der Waals surface area contributed by atoms with Crippen molar-refractivity contribution in [3.63, 3.8) is 0 Å². The molecule has 4 amide bonds. The molecule has 1 saturated heterocycles. The third kappa shape index (κ3) is 10.2. The summed E-state index contributed by atoms with van der Waals surface area (Å²) in [5.41, 5.74) is 4.24. The predicted molar refractivity (Wildman–Crippen MR) is 203 cm³/mol. The number of aromatic nitrogens is 1. The molecule has 0 aliphatic carbocycles. The van der Waals surface area contributed by atoms with Gasteiger partial charge in [0.2, 0.25) is 5.91 Å². The van der Waals surface area contributed by atoms with E-state index in [1.54, 1.807) is 4.90 Å². The van der Waals surface area contributed by atoms with Gasteiger partial charge in [-0.05, 0) is 60.9 Å². The molecule has 0 atom stereocenters. The van der Waals surface area contributed by atoms with Crippen molar-refractivity contribution in [2.45, 2.75) is 44.6 Å². The predicted octanol–water partition coefficient (Wildman–Crippen LogP) is 8.30. The molecule has 2 heterocycles. The van der Waals surface area contributed by atoms with Crippen molar-refractivity contribution >= 4 is 44.7 Å². The molecule has 1 fully saturated rings. The summed E-state index contributed by atoms with van der Waals surface area (Å²) in [6.45, 7) is 2.87. The van der Waals surface area contributed by atoms with Crippen molar-refractivity contribution < 1.29 is 19.1 Å². The normalized spacial score (nSPS) is 13.2. The van der Waals surface area contributed by atoms with Crippen molar-refractivity contribution in [3.05, 3.63) is 132 Å². The molecule has 0 unspecified atom stereocenters. The van der Waals surface area contributed by atoms with Crippen molar-refractivity contribution in [2.75, 3.05) is 38.0 Å². The monoisotopic (exact) mass is 703 g/mol. The zero-order valence-electron chi connectivity index (χ0n) is 28.8. The van der Waals surface area contributed by atoms with Crippen LogP contribution in [0.2, 0.25) is 0 Å². The van der Waals surface area contributed by atoms with Crippen molar-refractivity contribution in [1.29, 1.82) is 0 Å². The Labute approximate surface area is 303 Å². The number of para-hydroxylation sites is 1. The molecule has 5 aromatic rings. The quantitative estimate of drug-likeness (QED) is 0.113. The summed E-state index contributed by atoms with van der Waals surface area (Å²) in [7, 11) is 0. The second-order valence-electron chi connectivity index (χ2n) is 12.9. The highest BCUT2D eigenvalue weighted by Crippen LogP contribution is 2.29. The van der Waals surface area contributed by atoms with Crippen LogP contribution in [0.4, 0.5) is 14.7 Å². The van der Waals surface area contributed by atoms with E-state index < -0.39 is 0 Å². The molecule has 264 valence electrons. The van der Waals surface area contributed by atoms with Gasteiger partial charge in [-0.1, -0.05) is 114 Å². The van der Waals surface area contributed by atoms with Crippen LogP contribution in [-0.2, 0) is 16.1 Å². The number of hydrogen-bond acceptors (Lipinski definition) is 6. The van der Waals surface area contributed by atoms with Crippen LogP contribution >= 0.6 is 11.3 Å². The Kier molecular flexibility index (Phi) is 12.7. The highest BCUT2D eigenvalue weighted by molar-refractivity contribution is 7.22. The minimum absolute atomic E-state index is 0.0197. The molecule has 10 heteroatoms. The molecule has 6 rings (SSSR count). The van der Waals surface area contributed by atoms with E-state index in [-0.39, 0.29) is 36.5 Å². The molecule has 51 heavy (non-hydrogen) atoms. The molecule has 4 aromatic carbocycles. The summed E-state index contributed by atoms with van der Waals surface area (Å²) in [6, 6.07) is 38.2. The van der Waals surface area contributed by atoms with E-state index in [1.165, 1.54) is 22.5 Å². The Morgan fingerprint density at radius 2 is 1.43 bits per heavy atom. The molecule has 1 aliphatic heterocycles. The first kappa shape index (κ1) is 35.6. The summed E-state index contributed by atoms with van der Waals surface area (Å²) in [4.78, 5) is 47.4. The van der Waals surface area contributed by atoms with Crippen LogP contribution < -0.4 is 10.6 Å². The number of thiazole rings is 1. The Morgan fingerprint density at radius 3 is 2.10 bits per heavy atom. The summed E-state index contributed by atoms with van der Waals surface area (Å²) < 4.78 is 6.49. The number of rotatable bonds is 14. The number of unbranched alkanes of at least 4 members (excludes halogenated alkanes) is 1. The number of benzene rings is 4. The number of likely N-dealkylation sites (tertiary alicyclic amines) is 1. The van der Waals surface area contributed by atoms with Crippen LogP contribution in [0.25, 0.3) is 10.2 Å². The van der Waals surface area contributed by atoms with Crippen LogP contribution in [0.5, 0.6) is 0 Å². The maximum atomic E-state index is 13.7. The molecule has 1 aliphatic rings. The fourth-order valence-electron chi connectivity index (χ4n) is 6.51. The smallest absolute Gasteiger partial charge is 0.410 e. The fourth-order valence-corrected chi connectivity index (χ4v) is 7.37. The van der Waals surface area contributed by atoms with E-state index in [1.807, 2.05) is 71.6 Å². The molecule has 9 nitrogen and oxygen atoms in total. The lowest BCUT2D eigenvalue weighted by molar-refractivity contribution is -0.126. The molecule has 0 radical (unpaired) electrons. The van der Waals surface area contributed by atoms with Crippen molar-refractivity contribution in [1.82, 2.24) is 20.1 Å². The SMILES string of the molecule is O=C(NCCCCN(CCC(c1ccccc1)c1ccccc1)C(=O)Nc1nc2ccccc2s1)C1CCN(C(=O)OCc2ccccc2)CC1. The third-order valence-corrected chi connectivity index (χ3v) is 10.3. The summed E-state index contributed by atoms with van der Waals surface area (Å²) >= 11 is 1.47. The standard InChI is InChI=1S/C41H45N5O4S/c47-38(34-22-27-46(28-23-34)41(49)50-30-31-14-4-1-5-15-31)42-25-12-13-26-45(40(48)44-39-43-36-20-10-11-21-37(36)51-39)29-24-35(32-16-6-2-7-17-32)33-18-8-3-9-19-33/h1-11,14-21,34-35H,12-13,22-30H2,(H,42,47)(H,43,44,48). The Hall–Kier alpha value is -5.22. The Morgan fingerprint density at radius 1 is 0.804 bits per heavy atom. The van der Waals surface area contributed by atoms with Gasteiger partial charge < -0.3 is 19.9 Å². The lowest BCUT2D eigenvalue weighted by Crippen LogP contribution is -2.43. The minimum atomic E-state index is -0.340. The zero-order chi connectivity index (χ0) is 35.3. The topological polar surface area (TPSA) is 104 Å². The number of nitrogens with one attached hydrogen (secondary N) is 2. The van der Waals surface area contributed by atoms with Gasteiger partial charge in [-0.15, -0.1) is 0 Å². The number of amides is 4. The maximum absolute atomic E-state index is 13.7. The number of anilines is 1. The molecule has 0 bridgehead atoms. The summed E-state index contributed by atoms with van der Waals surface area (Å²) in [6.07, 6.45) is 3.11. The molecular formula is C41H45N5O4S. The molecule has 0 saturated carbocycles. The van der Waals surface area contributed by atoms with Crippen LogP contribution in [0, 0.1) is 5.92 Å². The van der Waals surface area contributed by atoms with E-state index >= 15 is 0 Å². The third-order valence-electron chi connectivity index (χ3n) is 9.37. The highest BCUT2D eigenvalue weighted by Gasteiger charge is 2.28. The maximum Gasteiger partial charge on any atom is 0.410 e. The van der Waals surface area contributed by atoms with Crippen molar-refractivity contribution in [2.24, 2.45) is 5.92 Å². The second-order valence-corrected chi connectivity index (χ2v) is 13.9. The minimum Gasteiger partial charge on any atom is -0.445 e. The van der Waals surface area contributed by atoms with Gasteiger partial charge in [0.15, 0.2) is 5.13 Å². The fraction of sp³-hybridized carbons (Fsp3) is 0.317. The highest BCUT2D eigenvalue weighted by atomic mass is 32.1. The van der Waals surface area contributed by atoms with Gasteiger partial charge in [0.05, 0.1) is 10.2 Å². The zero-order valence-corrected chi connectivity index (χ0v) is 29.6. The first-order chi connectivity index (χ1) is 25.0. The summed E-state index contributed by atoms with van der Waals surface area (Å²) in [5, 5.41) is 6.73. The largest absolute Gasteiger partial charge is 0.445 e. The van der Waals surface area contributed by atoms with Gasteiger partial charge >= 0.3 is 12.1 Å². The van der Waals surface area contributed by atoms with Gasteiger partial charge in [-0.3, -0.25) is 10.1 Å². The lowest BCUT2D eigenvalue weighted by Gasteiger charge is -2.30. The second kappa shape index (κ2) is 18.1. The van der Waals surface area contributed by atoms with E-state index in [4.69, 9.17) is 4.74 Å². The molecule has 2 N–H and O–H groups in total. The van der Waals surface area contributed by atoms with Gasteiger partial charge in [0, 0.05) is 44.6 Å². The number of fused-ring (bicyclic) bond motifs is 1. The van der Waals surface area contributed by atoms with E-state index in [0.29, 0.717) is 50.7 Å². The van der Waals surface area contributed by atoms with Gasteiger partial charge in [0.25, 0.3) is 0 Å². The number of carbonyl (C=O) groups is 3. The van der Waals surface area contributed by atoms with Gasteiger partial charge in [0.1, 0.15) is 6.61 Å². The Balaban J connectivity index is 0.993. The number of piperidine rings is 1. The average molecular weight is 704 g/mol. The van der Waals surface area contributed by atoms with Crippen molar-refractivity contribution in [3.8, 4) is 0 Å². The number of nitrogens with zero attached hydrogens (tertiary/aromatic N) is 3.